The van der Waals surface area contributed by atoms with Gasteiger partial charge in [-0.25, -0.2) is 0 Å². The van der Waals surface area contributed by atoms with Gasteiger partial charge in [-0.15, -0.1) is 13.2 Å². The van der Waals surface area contributed by atoms with E-state index in [0.717, 1.165) is 31.4 Å². The number of alkyl halides is 3. The van der Waals surface area contributed by atoms with Crippen LogP contribution in [0.1, 0.15) is 44.1 Å². The van der Waals surface area contributed by atoms with Crippen LogP contribution in [0.5, 0.6) is 5.75 Å². The van der Waals surface area contributed by atoms with Crippen molar-refractivity contribution in [2.24, 2.45) is 0 Å². The van der Waals surface area contributed by atoms with E-state index < -0.39 is 6.36 Å². The highest BCUT2D eigenvalue weighted by molar-refractivity contribution is 5.32. The van der Waals surface area contributed by atoms with Crippen LogP contribution in [-0.2, 0) is 0 Å². The quantitative estimate of drug-likeness (QED) is 0.895. The minimum atomic E-state index is -4.63. The van der Waals surface area contributed by atoms with Crippen molar-refractivity contribution < 1.29 is 17.9 Å². The first-order valence-corrected chi connectivity index (χ1v) is 7.08. The van der Waals surface area contributed by atoms with Crippen molar-refractivity contribution in [3.05, 3.63) is 29.8 Å². The predicted molar refractivity (Wildman–Crippen MR) is 71.8 cm³/mol. The summed E-state index contributed by atoms with van der Waals surface area (Å²) in [5.74, 6) is 0.135. The highest BCUT2D eigenvalue weighted by atomic mass is 19.4. The molecule has 2 rings (SSSR count). The summed E-state index contributed by atoms with van der Waals surface area (Å²) in [6, 6.07) is 6.74. The Bertz CT molecular complexity index is 431. The zero-order chi connectivity index (χ0) is 14.6. The van der Waals surface area contributed by atoms with Crippen LogP contribution in [-0.4, -0.2) is 18.9 Å². The van der Waals surface area contributed by atoms with Gasteiger partial charge in [0.1, 0.15) is 5.75 Å². The van der Waals surface area contributed by atoms with Crippen molar-refractivity contribution in [3.8, 4) is 5.75 Å². The molecule has 0 spiro atoms. The minimum absolute atomic E-state index is 0.129. The van der Waals surface area contributed by atoms with E-state index in [-0.39, 0.29) is 11.7 Å². The molecule has 1 aromatic carbocycles. The maximum Gasteiger partial charge on any atom is 0.573 e. The Morgan fingerprint density at radius 1 is 1.25 bits per heavy atom. The van der Waals surface area contributed by atoms with Crippen LogP contribution in [0.3, 0.4) is 0 Å². The number of rotatable bonds is 4. The Morgan fingerprint density at radius 3 is 2.70 bits per heavy atom. The van der Waals surface area contributed by atoms with Gasteiger partial charge in [0, 0.05) is 6.04 Å². The number of ether oxygens (including phenoxy) is 1. The Labute approximate surface area is 117 Å². The molecular weight excluding hydrogens is 267 g/mol. The summed E-state index contributed by atoms with van der Waals surface area (Å²) >= 11 is 0. The average Bonchev–Trinajstić information content (AvgIpc) is 2.38. The molecular formula is C15H20F3NO. The molecule has 2 atom stereocenters. The smallest absolute Gasteiger partial charge is 0.406 e. The fraction of sp³-hybridized carbons (Fsp3) is 0.600. The van der Waals surface area contributed by atoms with Crippen molar-refractivity contribution >= 4 is 0 Å². The molecule has 1 aliphatic carbocycles. The molecule has 0 saturated heterocycles. The standard InChI is InChI=1S/C15H20F3NO/c1-2-19-14-9-4-3-8-13(14)11-6-5-7-12(10-11)20-15(16,17)18/h5-7,10,13-14,19H,2-4,8-9H2,1H3. The molecule has 0 radical (unpaired) electrons. The number of benzene rings is 1. The molecule has 112 valence electrons. The van der Waals surface area contributed by atoms with E-state index in [0.29, 0.717) is 6.04 Å². The maximum atomic E-state index is 12.3. The number of halogens is 3. The van der Waals surface area contributed by atoms with Gasteiger partial charge in [-0.05, 0) is 43.0 Å². The third-order valence-electron chi connectivity index (χ3n) is 3.75. The van der Waals surface area contributed by atoms with Crippen LogP contribution in [0.4, 0.5) is 13.2 Å². The van der Waals surface area contributed by atoms with Gasteiger partial charge >= 0.3 is 6.36 Å². The summed E-state index contributed by atoms with van der Waals surface area (Å²) in [6.07, 6.45) is -0.258. The van der Waals surface area contributed by atoms with E-state index >= 15 is 0 Å². The topological polar surface area (TPSA) is 21.3 Å². The van der Waals surface area contributed by atoms with Crippen molar-refractivity contribution in [1.29, 1.82) is 0 Å². The third kappa shape index (κ3) is 4.13. The summed E-state index contributed by atoms with van der Waals surface area (Å²) in [4.78, 5) is 0. The van der Waals surface area contributed by atoms with Crippen LogP contribution in [0.15, 0.2) is 24.3 Å². The van der Waals surface area contributed by atoms with E-state index in [1.165, 1.54) is 18.6 Å². The molecule has 2 unspecified atom stereocenters. The number of hydrogen-bond acceptors (Lipinski definition) is 2. The van der Waals surface area contributed by atoms with Crippen LogP contribution in [0.2, 0.25) is 0 Å². The van der Waals surface area contributed by atoms with E-state index in [2.05, 4.69) is 17.0 Å². The molecule has 1 aromatic rings. The first-order chi connectivity index (χ1) is 9.49. The number of nitrogens with one attached hydrogen (secondary N) is 1. The van der Waals surface area contributed by atoms with Gasteiger partial charge in [-0.2, -0.15) is 0 Å². The largest absolute Gasteiger partial charge is 0.573 e. The molecule has 1 aliphatic rings. The SMILES string of the molecule is CCNC1CCCCC1c1cccc(OC(F)(F)F)c1. The van der Waals surface area contributed by atoms with Crippen LogP contribution < -0.4 is 10.1 Å². The van der Waals surface area contributed by atoms with Crippen molar-refractivity contribution in [1.82, 2.24) is 5.32 Å². The molecule has 5 heteroatoms. The molecule has 1 fully saturated rings. The molecule has 0 amide bonds. The predicted octanol–water partition coefficient (Wildman–Crippen LogP) is 4.22. The zero-order valence-electron chi connectivity index (χ0n) is 11.5. The Balaban J connectivity index is 2.16. The van der Waals surface area contributed by atoms with E-state index in [1.54, 1.807) is 6.07 Å². The fourth-order valence-electron chi connectivity index (χ4n) is 2.98. The normalized spacial score (nSPS) is 23.6. The second kappa shape index (κ2) is 6.48. The molecule has 20 heavy (non-hydrogen) atoms. The molecule has 1 N–H and O–H groups in total. The van der Waals surface area contributed by atoms with E-state index in [1.807, 2.05) is 6.07 Å². The number of hydrogen-bond donors (Lipinski definition) is 1. The van der Waals surface area contributed by atoms with Crippen LogP contribution in [0.25, 0.3) is 0 Å². The first kappa shape index (κ1) is 15.2. The third-order valence-corrected chi connectivity index (χ3v) is 3.75. The highest BCUT2D eigenvalue weighted by Gasteiger charge is 2.32. The molecule has 0 bridgehead atoms. The van der Waals surface area contributed by atoms with Gasteiger partial charge in [-0.3, -0.25) is 0 Å². The fourth-order valence-corrected chi connectivity index (χ4v) is 2.98. The zero-order valence-corrected chi connectivity index (χ0v) is 11.5. The Morgan fingerprint density at radius 2 is 2.00 bits per heavy atom. The second-order valence-electron chi connectivity index (χ2n) is 5.18. The summed E-state index contributed by atoms with van der Waals surface area (Å²) in [7, 11) is 0. The minimum Gasteiger partial charge on any atom is -0.406 e. The summed E-state index contributed by atoms with van der Waals surface area (Å²) < 4.78 is 40.8. The van der Waals surface area contributed by atoms with Crippen LogP contribution >= 0.6 is 0 Å². The van der Waals surface area contributed by atoms with Gasteiger partial charge in [-0.1, -0.05) is 31.9 Å². The molecule has 2 nitrogen and oxygen atoms in total. The summed E-state index contributed by atoms with van der Waals surface area (Å²) in [6.45, 7) is 2.93. The highest BCUT2D eigenvalue weighted by Crippen LogP contribution is 2.35. The molecule has 0 aliphatic heterocycles. The molecule has 1 saturated carbocycles. The lowest BCUT2D eigenvalue weighted by Crippen LogP contribution is -2.37. The van der Waals surface area contributed by atoms with E-state index in [9.17, 15) is 13.2 Å². The van der Waals surface area contributed by atoms with Crippen molar-refractivity contribution in [2.45, 2.75) is 50.9 Å². The lowest BCUT2D eigenvalue weighted by molar-refractivity contribution is -0.274. The van der Waals surface area contributed by atoms with Gasteiger partial charge in [0.2, 0.25) is 0 Å². The van der Waals surface area contributed by atoms with E-state index in [4.69, 9.17) is 0 Å². The summed E-state index contributed by atoms with van der Waals surface area (Å²) in [5, 5.41) is 3.44. The van der Waals surface area contributed by atoms with Crippen molar-refractivity contribution in [2.75, 3.05) is 6.54 Å². The monoisotopic (exact) mass is 287 g/mol. The summed E-state index contributed by atoms with van der Waals surface area (Å²) in [5.41, 5.74) is 0.928. The maximum absolute atomic E-state index is 12.3. The molecule has 0 heterocycles. The van der Waals surface area contributed by atoms with Crippen LogP contribution in [0, 0.1) is 0 Å². The average molecular weight is 287 g/mol. The number of likely N-dealkylation sites (N-methyl/N-ethyl adjacent to an activating group) is 1. The lowest BCUT2D eigenvalue weighted by atomic mass is 9.80. The first-order valence-electron chi connectivity index (χ1n) is 7.08. The van der Waals surface area contributed by atoms with Gasteiger partial charge in [0.05, 0.1) is 0 Å². The molecule has 0 aromatic heterocycles. The van der Waals surface area contributed by atoms with Gasteiger partial charge in [0.25, 0.3) is 0 Å². The van der Waals surface area contributed by atoms with Gasteiger partial charge < -0.3 is 10.1 Å². The second-order valence-corrected chi connectivity index (χ2v) is 5.18. The lowest BCUT2D eigenvalue weighted by Gasteiger charge is -2.32. The van der Waals surface area contributed by atoms with Gasteiger partial charge in [0.15, 0.2) is 0 Å². The Kier molecular flexibility index (Phi) is 4.91. The Hall–Kier alpha value is -1.23. The van der Waals surface area contributed by atoms with Crippen molar-refractivity contribution in [3.63, 3.8) is 0 Å².